The predicted molar refractivity (Wildman–Crippen MR) is 67.7 cm³/mol. The molecule has 1 heterocycles. The van der Waals surface area contributed by atoms with Crippen molar-refractivity contribution in [3.05, 3.63) is 23.9 Å². The Morgan fingerprint density at radius 1 is 1.50 bits per heavy atom. The van der Waals surface area contributed by atoms with Crippen LogP contribution in [-0.2, 0) is 0 Å². The van der Waals surface area contributed by atoms with Crippen molar-refractivity contribution in [2.45, 2.75) is 38.8 Å². The number of nitrogens with zero attached hydrogens (tertiary/aromatic N) is 2. The van der Waals surface area contributed by atoms with Crippen molar-refractivity contribution < 1.29 is 0 Å². The molecule has 1 aliphatic carbocycles. The minimum absolute atomic E-state index is 0.565. The number of aromatic nitrogens is 1. The van der Waals surface area contributed by atoms with Crippen LogP contribution in [0.4, 0.5) is 5.82 Å². The number of rotatable bonds is 5. The maximum Gasteiger partial charge on any atom is 0.126 e. The third-order valence-electron chi connectivity index (χ3n) is 3.29. The molecule has 0 radical (unpaired) electrons. The summed E-state index contributed by atoms with van der Waals surface area (Å²) in [5.74, 6) is 0.982. The summed E-state index contributed by atoms with van der Waals surface area (Å²) in [6, 6.07) is 7.47. The van der Waals surface area contributed by atoms with Crippen molar-refractivity contribution >= 4 is 5.82 Å². The van der Waals surface area contributed by atoms with Crippen LogP contribution in [0.5, 0.6) is 0 Å². The SMILES string of the molecule is Cc1cccc(NCC(C)N(C)C2CC2)n1. The smallest absolute Gasteiger partial charge is 0.126 e. The molecule has 1 unspecified atom stereocenters. The number of hydrogen-bond donors (Lipinski definition) is 1. The van der Waals surface area contributed by atoms with Crippen molar-refractivity contribution in [3.63, 3.8) is 0 Å². The van der Waals surface area contributed by atoms with Crippen LogP contribution in [0, 0.1) is 6.92 Å². The molecule has 0 aliphatic heterocycles. The fourth-order valence-corrected chi connectivity index (χ4v) is 1.88. The number of aryl methyl sites for hydroxylation is 1. The van der Waals surface area contributed by atoms with E-state index in [2.05, 4.69) is 29.2 Å². The Morgan fingerprint density at radius 2 is 2.25 bits per heavy atom. The van der Waals surface area contributed by atoms with E-state index in [1.165, 1.54) is 12.8 Å². The van der Waals surface area contributed by atoms with Gasteiger partial charge in [-0.2, -0.15) is 0 Å². The van der Waals surface area contributed by atoms with Crippen LogP contribution in [-0.4, -0.2) is 35.6 Å². The Morgan fingerprint density at radius 3 is 2.88 bits per heavy atom. The lowest BCUT2D eigenvalue weighted by atomic mass is 10.3. The summed E-state index contributed by atoms with van der Waals surface area (Å²) in [4.78, 5) is 6.90. The van der Waals surface area contributed by atoms with Gasteiger partial charge in [0.2, 0.25) is 0 Å². The molecule has 88 valence electrons. The first-order chi connectivity index (χ1) is 7.66. The largest absolute Gasteiger partial charge is 0.369 e. The zero-order valence-electron chi connectivity index (χ0n) is 10.4. The molecular formula is C13H21N3. The highest BCUT2D eigenvalue weighted by Gasteiger charge is 2.28. The molecule has 0 aromatic carbocycles. The molecule has 0 bridgehead atoms. The first kappa shape index (κ1) is 11.4. The van der Waals surface area contributed by atoms with Crippen LogP contribution in [0.3, 0.4) is 0 Å². The Labute approximate surface area is 97.9 Å². The highest BCUT2D eigenvalue weighted by molar-refractivity contribution is 5.35. The van der Waals surface area contributed by atoms with E-state index in [1.54, 1.807) is 0 Å². The van der Waals surface area contributed by atoms with E-state index in [9.17, 15) is 0 Å². The van der Waals surface area contributed by atoms with Crippen molar-refractivity contribution in [2.75, 3.05) is 18.9 Å². The first-order valence-electron chi connectivity index (χ1n) is 6.06. The summed E-state index contributed by atoms with van der Waals surface area (Å²) in [6.07, 6.45) is 2.73. The second-order valence-corrected chi connectivity index (χ2v) is 4.79. The number of likely N-dealkylation sites (N-methyl/N-ethyl adjacent to an activating group) is 1. The van der Waals surface area contributed by atoms with Gasteiger partial charge in [-0.25, -0.2) is 4.98 Å². The van der Waals surface area contributed by atoms with Gasteiger partial charge in [0, 0.05) is 24.3 Å². The second-order valence-electron chi connectivity index (χ2n) is 4.79. The highest BCUT2D eigenvalue weighted by Crippen LogP contribution is 2.26. The molecule has 3 nitrogen and oxygen atoms in total. The molecular weight excluding hydrogens is 198 g/mol. The summed E-state index contributed by atoms with van der Waals surface area (Å²) >= 11 is 0. The maximum atomic E-state index is 4.44. The van der Waals surface area contributed by atoms with Crippen molar-refractivity contribution in [1.29, 1.82) is 0 Å². The lowest BCUT2D eigenvalue weighted by Gasteiger charge is -2.24. The summed E-state index contributed by atoms with van der Waals surface area (Å²) in [5, 5.41) is 3.40. The molecule has 0 amide bonds. The Hall–Kier alpha value is -1.09. The average Bonchev–Trinajstić information content (AvgIpc) is 3.09. The van der Waals surface area contributed by atoms with Crippen LogP contribution >= 0.6 is 0 Å². The number of pyridine rings is 1. The quantitative estimate of drug-likeness (QED) is 0.823. The van der Waals surface area contributed by atoms with E-state index in [0.717, 1.165) is 24.1 Å². The molecule has 1 aromatic heterocycles. The number of nitrogens with one attached hydrogen (secondary N) is 1. The molecule has 1 N–H and O–H groups in total. The molecule has 0 saturated heterocycles. The fourth-order valence-electron chi connectivity index (χ4n) is 1.88. The zero-order chi connectivity index (χ0) is 11.5. The van der Waals surface area contributed by atoms with Crippen LogP contribution in [0.15, 0.2) is 18.2 Å². The van der Waals surface area contributed by atoms with Crippen molar-refractivity contribution in [1.82, 2.24) is 9.88 Å². The van der Waals surface area contributed by atoms with Gasteiger partial charge in [-0.1, -0.05) is 6.07 Å². The van der Waals surface area contributed by atoms with Crippen molar-refractivity contribution in [2.24, 2.45) is 0 Å². The van der Waals surface area contributed by atoms with Crippen LogP contribution < -0.4 is 5.32 Å². The highest BCUT2D eigenvalue weighted by atomic mass is 15.2. The van der Waals surface area contributed by atoms with Gasteiger partial charge < -0.3 is 5.32 Å². The van der Waals surface area contributed by atoms with E-state index in [4.69, 9.17) is 0 Å². The van der Waals surface area contributed by atoms with E-state index >= 15 is 0 Å². The summed E-state index contributed by atoms with van der Waals surface area (Å²) in [6.45, 7) is 5.25. The van der Waals surface area contributed by atoms with Crippen molar-refractivity contribution in [3.8, 4) is 0 Å². The number of hydrogen-bond acceptors (Lipinski definition) is 3. The van der Waals surface area contributed by atoms with Gasteiger partial charge in [0.15, 0.2) is 0 Å². The lowest BCUT2D eigenvalue weighted by Crippen LogP contribution is -2.36. The maximum absolute atomic E-state index is 4.44. The number of anilines is 1. The van der Waals surface area contributed by atoms with Crippen LogP contribution in [0.25, 0.3) is 0 Å². The molecule has 1 aromatic rings. The Bertz CT molecular complexity index is 347. The normalized spacial score (nSPS) is 17.5. The van der Waals surface area contributed by atoms with E-state index in [1.807, 2.05) is 25.1 Å². The minimum Gasteiger partial charge on any atom is -0.369 e. The van der Waals surface area contributed by atoms with Gasteiger partial charge in [-0.3, -0.25) is 4.90 Å². The van der Waals surface area contributed by atoms with Gasteiger partial charge in [0.05, 0.1) is 0 Å². The lowest BCUT2D eigenvalue weighted by molar-refractivity contribution is 0.257. The molecule has 3 heteroatoms. The zero-order valence-corrected chi connectivity index (χ0v) is 10.4. The topological polar surface area (TPSA) is 28.2 Å². The van der Waals surface area contributed by atoms with E-state index in [0.29, 0.717) is 6.04 Å². The van der Waals surface area contributed by atoms with Crippen LogP contribution in [0.1, 0.15) is 25.5 Å². The summed E-state index contributed by atoms with van der Waals surface area (Å²) in [5.41, 5.74) is 1.06. The molecule has 1 fully saturated rings. The molecule has 16 heavy (non-hydrogen) atoms. The summed E-state index contributed by atoms with van der Waals surface area (Å²) < 4.78 is 0. The predicted octanol–water partition coefficient (Wildman–Crippen LogP) is 2.28. The van der Waals surface area contributed by atoms with E-state index in [-0.39, 0.29) is 0 Å². The van der Waals surface area contributed by atoms with Gasteiger partial charge >= 0.3 is 0 Å². The molecule has 1 saturated carbocycles. The molecule has 2 rings (SSSR count). The average molecular weight is 219 g/mol. The fraction of sp³-hybridized carbons (Fsp3) is 0.615. The van der Waals surface area contributed by atoms with E-state index < -0.39 is 0 Å². The van der Waals surface area contributed by atoms with Gasteiger partial charge in [-0.05, 0) is 45.9 Å². The third-order valence-corrected chi connectivity index (χ3v) is 3.29. The summed E-state index contributed by atoms with van der Waals surface area (Å²) in [7, 11) is 2.22. The van der Waals surface area contributed by atoms with Gasteiger partial charge in [0.25, 0.3) is 0 Å². The molecule has 0 spiro atoms. The van der Waals surface area contributed by atoms with Crippen LogP contribution in [0.2, 0.25) is 0 Å². The van der Waals surface area contributed by atoms with Gasteiger partial charge in [0.1, 0.15) is 5.82 Å². The Kier molecular flexibility index (Phi) is 3.44. The minimum atomic E-state index is 0.565. The standard InChI is InChI=1S/C13H21N3/c1-10-5-4-6-13(15-10)14-9-11(2)16(3)12-7-8-12/h4-6,11-12H,7-9H2,1-3H3,(H,14,15). The molecule has 1 atom stereocenters. The first-order valence-corrected chi connectivity index (χ1v) is 6.06. The van der Waals surface area contributed by atoms with Gasteiger partial charge in [-0.15, -0.1) is 0 Å². The Balaban J connectivity index is 1.82. The second kappa shape index (κ2) is 4.83. The third kappa shape index (κ3) is 2.95. The monoisotopic (exact) mass is 219 g/mol. The molecule has 1 aliphatic rings.